The van der Waals surface area contributed by atoms with Crippen molar-refractivity contribution in [1.29, 1.82) is 0 Å². The molecule has 0 amide bonds. The van der Waals surface area contributed by atoms with Crippen LogP contribution in [0.5, 0.6) is 0 Å². The fourth-order valence-electron chi connectivity index (χ4n) is 3.33. The molecular weight excluding hydrogens is 264 g/mol. The third-order valence-electron chi connectivity index (χ3n) is 4.43. The van der Waals surface area contributed by atoms with E-state index in [4.69, 9.17) is 0 Å². The van der Waals surface area contributed by atoms with Gasteiger partial charge in [-0.25, -0.2) is 0 Å². The van der Waals surface area contributed by atoms with Crippen molar-refractivity contribution < 1.29 is 4.92 Å². The maximum atomic E-state index is 10.9. The molecule has 21 heavy (non-hydrogen) atoms. The highest BCUT2D eigenvalue weighted by atomic mass is 16.6. The molecule has 0 bridgehead atoms. The summed E-state index contributed by atoms with van der Waals surface area (Å²) < 4.78 is 0. The number of hydrogen-bond acceptors (Lipinski definition) is 3. The third-order valence-corrected chi connectivity index (χ3v) is 4.43. The molecule has 2 rings (SSSR count). The Morgan fingerprint density at radius 1 is 1.29 bits per heavy atom. The molecule has 0 heterocycles. The molecule has 1 aliphatic rings. The lowest BCUT2D eigenvalue weighted by Crippen LogP contribution is -2.37. The number of rotatable bonds is 6. The van der Waals surface area contributed by atoms with Crippen molar-refractivity contribution in [2.24, 2.45) is 5.92 Å². The second kappa shape index (κ2) is 8.13. The second-order valence-corrected chi connectivity index (χ2v) is 6.09. The Morgan fingerprint density at radius 2 is 2.10 bits per heavy atom. The predicted octanol–water partition coefficient (Wildman–Crippen LogP) is 4.09. The van der Waals surface area contributed by atoms with Gasteiger partial charge in [-0.15, -0.1) is 0 Å². The van der Waals surface area contributed by atoms with Crippen LogP contribution in [0, 0.1) is 16.0 Å². The molecule has 1 aliphatic carbocycles. The number of nitrogens with zero attached hydrogens (tertiary/aromatic N) is 1. The number of nitro groups is 1. The largest absolute Gasteiger partial charge is 0.314 e. The van der Waals surface area contributed by atoms with Gasteiger partial charge in [0.05, 0.1) is 4.92 Å². The van der Waals surface area contributed by atoms with E-state index in [1.165, 1.54) is 32.1 Å². The van der Waals surface area contributed by atoms with E-state index in [1.807, 2.05) is 6.07 Å². The van der Waals surface area contributed by atoms with Crippen LogP contribution in [0.3, 0.4) is 0 Å². The highest BCUT2D eigenvalue weighted by Gasteiger charge is 2.23. The molecule has 1 aromatic carbocycles. The van der Waals surface area contributed by atoms with E-state index >= 15 is 0 Å². The minimum atomic E-state index is -0.302. The van der Waals surface area contributed by atoms with Crippen LogP contribution in [0.2, 0.25) is 0 Å². The fourth-order valence-corrected chi connectivity index (χ4v) is 3.33. The summed E-state index contributed by atoms with van der Waals surface area (Å²) in [6.45, 7) is 3.26. The molecule has 1 saturated carbocycles. The average molecular weight is 290 g/mol. The summed E-state index contributed by atoms with van der Waals surface area (Å²) in [5.74, 6) is 0.598. The Morgan fingerprint density at radius 3 is 2.86 bits per heavy atom. The van der Waals surface area contributed by atoms with Crippen LogP contribution in [0.1, 0.15) is 51.0 Å². The molecule has 2 atom stereocenters. The van der Waals surface area contributed by atoms with Crippen molar-refractivity contribution in [2.75, 3.05) is 6.54 Å². The summed E-state index contributed by atoms with van der Waals surface area (Å²) >= 11 is 0. The second-order valence-electron chi connectivity index (χ2n) is 6.09. The molecule has 1 N–H and O–H groups in total. The lowest BCUT2D eigenvalue weighted by molar-refractivity contribution is -0.384. The Bertz CT molecular complexity index is 462. The number of non-ortho nitro benzene ring substituents is 1. The van der Waals surface area contributed by atoms with Gasteiger partial charge >= 0.3 is 0 Å². The zero-order valence-electron chi connectivity index (χ0n) is 12.9. The SMILES string of the molecule is CCCNC1CCCCCC1Cc1cccc([N+](=O)[O-])c1. The normalized spacial score (nSPS) is 22.7. The van der Waals surface area contributed by atoms with E-state index in [2.05, 4.69) is 12.2 Å². The van der Waals surface area contributed by atoms with Crippen molar-refractivity contribution in [2.45, 2.75) is 57.9 Å². The highest BCUT2D eigenvalue weighted by molar-refractivity contribution is 5.34. The van der Waals surface area contributed by atoms with Gasteiger partial charge in [0.2, 0.25) is 0 Å². The molecule has 4 heteroatoms. The van der Waals surface area contributed by atoms with Gasteiger partial charge in [-0.05, 0) is 43.7 Å². The lowest BCUT2D eigenvalue weighted by Gasteiger charge is -2.26. The average Bonchev–Trinajstić information content (AvgIpc) is 2.71. The quantitative estimate of drug-likeness (QED) is 0.488. The van der Waals surface area contributed by atoms with Crippen molar-refractivity contribution in [1.82, 2.24) is 5.32 Å². The first-order chi connectivity index (χ1) is 10.2. The molecule has 0 aliphatic heterocycles. The number of nitro benzene ring substituents is 1. The first kappa shape index (κ1) is 16.0. The van der Waals surface area contributed by atoms with Crippen LogP contribution in [0.25, 0.3) is 0 Å². The maximum Gasteiger partial charge on any atom is 0.269 e. The monoisotopic (exact) mass is 290 g/mol. The molecule has 1 aromatic rings. The lowest BCUT2D eigenvalue weighted by atomic mass is 9.88. The van der Waals surface area contributed by atoms with Gasteiger partial charge in [-0.3, -0.25) is 10.1 Å². The maximum absolute atomic E-state index is 10.9. The van der Waals surface area contributed by atoms with Crippen LogP contribution >= 0.6 is 0 Å². The number of nitrogens with one attached hydrogen (secondary N) is 1. The summed E-state index contributed by atoms with van der Waals surface area (Å²) in [6.07, 6.45) is 8.46. The van der Waals surface area contributed by atoms with Gasteiger partial charge in [-0.2, -0.15) is 0 Å². The van der Waals surface area contributed by atoms with E-state index in [9.17, 15) is 10.1 Å². The smallest absolute Gasteiger partial charge is 0.269 e. The Balaban J connectivity index is 2.06. The third kappa shape index (κ3) is 4.81. The van der Waals surface area contributed by atoms with Crippen LogP contribution < -0.4 is 5.32 Å². The summed E-state index contributed by atoms with van der Waals surface area (Å²) in [5.41, 5.74) is 1.30. The topological polar surface area (TPSA) is 55.2 Å². The highest BCUT2D eigenvalue weighted by Crippen LogP contribution is 2.27. The summed E-state index contributed by atoms with van der Waals surface area (Å²) in [7, 11) is 0. The molecule has 2 unspecified atom stereocenters. The van der Waals surface area contributed by atoms with Crippen molar-refractivity contribution >= 4 is 5.69 Å². The summed E-state index contributed by atoms with van der Waals surface area (Å²) in [4.78, 5) is 10.6. The van der Waals surface area contributed by atoms with Gasteiger partial charge < -0.3 is 5.32 Å². The van der Waals surface area contributed by atoms with E-state index in [0.717, 1.165) is 24.9 Å². The van der Waals surface area contributed by atoms with E-state index in [-0.39, 0.29) is 10.6 Å². The van der Waals surface area contributed by atoms with Crippen molar-refractivity contribution in [3.05, 3.63) is 39.9 Å². The molecule has 1 fully saturated rings. The van der Waals surface area contributed by atoms with Crippen LogP contribution in [-0.2, 0) is 6.42 Å². The van der Waals surface area contributed by atoms with Crippen molar-refractivity contribution in [3.63, 3.8) is 0 Å². The molecule has 0 saturated heterocycles. The number of hydrogen-bond donors (Lipinski definition) is 1. The van der Waals surface area contributed by atoms with E-state index in [0.29, 0.717) is 12.0 Å². The van der Waals surface area contributed by atoms with E-state index < -0.39 is 0 Å². The Labute approximate surface area is 127 Å². The van der Waals surface area contributed by atoms with Gasteiger partial charge in [0.1, 0.15) is 0 Å². The van der Waals surface area contributed by atoms with Crippen LogP contribution in [0.4, 0.5) is 5.69 Å². The minimum Gasteiger partial charge on any atom is -0.314 e. The zero-order chi connectivity index (χ0) is 15.1. The minimum absolute atomic E-state index is 0.208. The van der Waals surface area contributed by atoms with Gasteiger partial charge in [0, 0.05) is 18.2 Å². The molecule has 0 radical (unpaired) electrons. The molecule has 116 valence electrons. The molecule has 0 aromatic heterocycles. The zero-order valence-corrected chi connectivity index (χ0v) is 12.9. The number of benzene rings is 1. The van der Waals surface area contributed by atoms with Gasteiger partial charge in [0.25, 0.3) is 5.69 Å². The standard InChI is InChI=1S/C17H26N2O2/c1-2-11-18-17-10-5-3-4-8-15(17)12-14-7-6-9-16(13-14)19(20)21/h6-7,9,13,15,17-18H,2-5,8,10-12H2,1H3. The molecule has 0 spiro atoms. The molecular formula is C17H26N2O2. The first-order valence-corrected chi connectivity index (χ1v) is 8.17. The van der Waals surface area contributed by atoms with Crippen LogP contribution in [-0.4, -0.2) is 17.5 Å². The van der Waals surface area contributed by atoms with Crippen molar-refractivity contribution in [3.8, 4) is 0 Å². The van der Waals surface area contributed by atoms with Gasteiger partial charge in [0.15, 0.2) is 0 Å². The summed E-state index contributed by atoms with van der Waals surface area (Å²) in [5, 5.41) is 14.6. The van der Waals surface area contributed by atoms with Gasteiger partial charge in [-0.1, -0.05) is 38.3 Å². The fraction of sp³-hybridized carbons (Fsp3) is 0.647. The Kier molecular flexibility index (Phi) is 6.18. The Hall–Kier alpha value is -1.42. The van der Waals surface area contributed by atoms with Crippen LogP contribution in [0.15, 0.2) is 24.3 Å². The predicted molar refractivity (Wildman–Crippen MR) is 85.5 cm³/mol. The first-order valence-electron chi connectivity index (χ1n) is 8.17. The summed E-state index contributed by atoms with van der Waals surface area (Å²) in [6, 6.07) is 7.70. The molecule has 4 nitrogen and oxygen atoms in total. The van der Waals surface area contributed by atoms with E-state index in [1.54, 1.807) is 18.2 Å².